The summed E-state index contributed by atoms with van der Waals surface area (Å²) in [6.07, 6.45) is 5.34. The van der Waals surface area contributed by atoms with E-state index in [0.717, 1.165) is 50.0 Å². The Bertz CT molecular complexity index is 1540. The van der Waals surface area contributed by atoms with Gasteiger partial charge >= 0.3 is 0 Å². The van der Waals surface area contributed by atoms with E-state index in [4.69, 9.17) is 14.7 Å². The number of aromatic nitrogens is 4. The fourth-order valence-electron chi connectivity index (χ4n) is 4.06. The number of rotatable bonds is 5. The zero-order valence-corrected chi connectivity index (χ0v) is 21.1. The van der Waals surface area contributed by atoms with Crippen LogP contribution in [0.1, 0.15) is 14.7 Å². The molecule has 1 aliphatic heterocycles. The topological polar surface area (TPSA) is 93.1 Å². The van der Waals surface area contributed by atoms with Crippen LogP contribution in [0.15, 0.2) is 61.1 Å². The molecule has 6 rings (SSSR count). The molecule has 1 fully saturated rings. The van der Waals surface area contributed by atoms with Crippen LogP contribution in [-0.2, 0) is 4.74 Å². The Morgan fingerprint density at radius 3 is 2.67 bits per heavy atom. The van der Waals surface area contributed by atoms with Gasteiger partial charge in [0.05, 0.1) is 23.4 Å². The molecule has 1 aromatic carbocycles. The van der Waals surface area contributed by atoms with E-state index in [1.165, 1.54) is 11.3 Å². The second-order valence-corrected chi connectivity index (χ2v) is 10.6. The summed E-state index contributed by atoms with van der Waals surface area (Å²) >= 11 is 3.04. The Hall–Kier alpha value is -3.73. The molecule has 1 N–H and O–H groups in total. The van der Waals surface area contributed by atoms with E-state index in [2.05, 4.69) is 32.3 Å². The Morgan fingerprint density at radius 1 is 1.03 bits per heavy atom. The Labute approximate surface area is 215 Å². The van der Waals surface area contributed by atoms with Gasteiger partial charge in [-0.2, -0.15) is 0 Å². The van der Waals surface area contributed by atoms with Crippen molar-refractivity contribution in [2.75, 3.05) is 36.5 Å². The Kier molecular flexibility index (Phi) is 6.14. The maximum atomic E-state index is 12.6. The third-order valence-corrected chi connectivity index (χ3v) is 7.89. The fourth-order valence-corrected chi connectivity index (χ4v) is 5.83. The van der Waals surface area contributed by atoms with Gasteiger partial charge in [0, 0.05) is 58.2 Å². The Balaban J connectivity index is 1.40. The van der Waals surface area contributed by atoms with Gasteiger partial charge in [0.15, 0.2) is 16.6 Å². The summed E-state index contributed by atoms with van der Waals surface area (Å²) in [5, 5.41) is 3.38. The van der Waals surface area contributed by atoms with Gasteiger partial charge in [-0.15, -0.1) is 22.7 Å². The predicted molar refractivity (Wildman–Crippen MR) is 144 cm³/mol. The zero-order chi connectivity index (χ0) is 24.5. The molecule has 0 atom stereocenters. The molecule has 10 heteroatoms. The molecule has 1 aliphatic rings. The van der Waals surface area contributed by atoms with Crippen LogP contribution in [0.25, 0.3) is 32.0 Å². The molecule has 5 aromatic rings. The highest BCUT2D eigenvalue weighted by Crippen LogP contribution is 2.38. The summed E-state index contributed by atoms with van der Waals surface area (Å²) in [6, 6.07) is 13.7. The van der Waals surface area contributed by atoms with Crippen LogP contribution >= 0.6 is 22.7 Å². The van der Waals surface area contributed by atoms with Crippen molar-refractivity contribution in [3.63, 3.8) is 0 Å². The number of nitrogens with zero attached hydrogens (tertiary/aromatic N) is 5. The zero-order valence-electron chi connectivity index (χ0n) is 19.5. The first-order valence-electron chi connectivity index (χ1n) is 11.5. The molecule has 4 aromatic heterocycles. The van der Waals surface area contributed by atoms with Crippen LogP contribution in [0, 0.1) is 6.92 Å². The molecule has 0 bridgehead atoms. The predicted octanol–water partition coefficient (Wildman–Crippen LogP) is 5.27. The van der Waals surface area contributed by atoms with Gasteiger partial charge in [-0.25, -0.2) is 15.0 Å². The highest BCUT2D eigenvalue weighted by molar-refractivity contribution is 7.22. The lowest BCUT2D eigenvalue weighted by Crippen LogP contribution is -2.36. The molecular weight excluding hydrogens is 492 g/mol. The van der Waals surface area contributed by atoms with Crippen LogP contribution in [0.5, 0.6) is 0 Å². The van der Waals surface area contributed by atoms with Crippen molar-refractivity contribution >= 4 is 50.3 Å². The first-order chi connectivity index (χ1) is 17.6. The molecule has 0 radical (unpaired) electrons. The smallest absolute Gasteiger partial charge is 0.284 e. The summed E-state index contributed by atoms with van der Waals surface area (Å²) in [4.78, 5) is 35.4. The number of carbonyl (C=O) groups is 1. The van der Waals surface area contributed by atoms with E-state index < -0.39 is 0 Å². The van der Waals surface area contributed by atoms with Crippen LogP contribution in [0.3, 0.4) is 0 Å². The number of ether oxygens (including phenoxy) is 1. The quantitative estimate of drug-likeness (QED) is 0.341. The van der Waals surface area contributed by atoms with Gasteiger partial charge in [0.1, 0.15) is 0 Å². The molecule has 36 heavy (non-hydrogen) atoms. The highest BCUT2D eigenvalue weighted by atomic mass is 32.1. The minimum Gasteiger partial charge on any atom is -0.378 e. The second-order valence-electron chi connectivity index (χ2n) is 8.35. The number of nitrogens with one attached hydrogen (secondary N) is 1. The fraction of sp³-hybridized carbons (Fsp3) is 0.192. The van der Waals surface area contributed by atoms with Gasteiger partial charge in [0.25, 0.3) is 5.91 Å². The summed E-state index contributed by atoms with van der Waals surface area (Å²) in [5.41, 5.74) is 3.44. The van der Waals surface area contributed by atoms with Crippen LogP contribution < -0.4 is 10.2 Å². The van der Waals surface area contributed by atoms with E-state index in [0.29, 0.717) is 29.7 Å². The summed E-state index contributed by atoms with van der Waals surface area (Å²) in [7, 11) is 0. The number of hydrogen-bond acceptors (Lipinski definition) is 9. The van der Waals surface area contributed by atoms with E-state index >= 15 is 0 Å². The van der Waals surface area contributed by atoms with Crippen LogP contribution in [0.4, 0.5) is 11.5 Å². The van der Waals surface area contributed by atoms with Crippen molar-refractivity contribution in [3.05, 3.63) is 70.9 Å². The number of thiazole rings is 1. The molecule has 180 valence electrons. The summed E-state index contributed by atoms with van der Waals surface area (Å²) < 4.78 is 6.62. The molecule has 0 aliphatic carbocycles. The number of aryl methyl sites for hydroxylation is 1. The average Bonchev–Trinajstić information content (AvgIpc) is 3.56. The number of pyridine rings is 1. The number of thiophene rings is 1. The number of hydrogen-bond donors (Lipinski definition) is 1. The van der Waals surface area contributed by atoms with E-state index in [1.54, 1.807) is 23.7 Å². The van der Waals surface area contributed by atoms with Crippen molar-refractivity contribution in [1.82, 2.24) is 19.9 Å². The molecule has 5 heterocycles. The first kappa shape index (κ1) is 22.7. The normalized spacial score (nSPS) is 13.8. The largest absolute Gasteiger partial charge is 0.378 e. The SMILES string of the molecule is Cc1cnc(C(=O)Nc2cccc(-c3nc(N4CCOCC4)c4sc(-c5cccnc5)cc4n3)c2)s1. The average molecular weight is 515 g/mol. The van der Waals surface area contributed by atoms with E-state index in [1.807, 2.05) is 43.5 Å². The molecule has 0 spiro atoms. The number of amides is 1. The van der Waals surface area contributed by atoms with Crippen molar-refractivity contribution in [2.45, 2.75) is 6.92 Å². The molecule has 0 unspecified atom stereocenters. The van der Waals surface area contributed by atoms with Crippen molar-refractivity contribution < 1.29 is 9.53 Å². The lowest BCUT2D eigenvalue weighted by atomic mass is 10.1. The van der Waals surface area contributed by atoms with Crippen molar-refractivity contribution in [2.24, 2.45) is 0 Å². The molecular formula is C26H22N6O2S2. The first-order valence-corrected chi connectivity index (χ1v) is 13.2. The minimum atomic E-state index is -0.227. The number of carbonyl (C=O) groups excluding carboxylic acids is 1. The number of fused-ring (bicyclic) bond motifs is 1. The van der Waals surface area contributed by atoms with Crippen molar-refractivity contribution in [1.29, 1.82) is 0 Å². The van der Waals surface area contributed by atoms with Gasteiger partial charge in [-0.05, 0) is 31.2 Å². The van der Waals surface area contributed by atoms with Crippen molar-refractivity contribution in [3.8, 4) is 21.8 Å². The number of anilines is 2. The van der Waals surface area contributed by atoms with E-state index in [-0.39, 0.29) is 5.91 Å². The lowest BCUT2D eigenvalue weighted by Gasteiger charge is -2.28. The maximum absolute atomic E-state index is 12.6. The number of benzene rings is 1. The van der Waals surface area contributed by atoms with Gasteiger partial charge in [-0.3, -0.25) is 9.78 Å². The molecule has 8 nitrogen and oxygen atoms in total. The molecule has 0 saturated carbocycles. The summed E-state index contributed by atoms with van der Waals surface area (Å²) in [5.74, 6) is 1.29. The minimum absolute atomic E-state index is 0.227. The molecule has 1 saturated heterocycles. The maximum Gasteiger partial charge on any atom is 0.284 e. The third-order valence-electron chi connectivity index (χ3n) is 5.80. The summed E-state index contributed by atoms with van der Waals surface area (Å²) in [6.45, 7) is 4.81. The molecule has 1 amide bonds. The van der Waals surface area contributed by atoms with Crippen LogP contribution in [0.2, 0.25) is 0 Å². The van der Waals surface area contributed by atoms with Gasteiger partial charge in [0.2, 0.25) is 0 Å². The van der Waals surface area contributed by atoms with Gasteiger partial charge in [-0.1, -0.05) is 18.2 Å². The second kappa shape index (κ2) is 9.73. The number of morpholine rings is 1. The van der Waals surface area contributed by atoms with Gasteiger partial charge < -0.3 is 15.0 Å². The third kappa shape index (κ3) is 4.58. The lowest BCUT2D eigenvalue weighted by molar-refractivity contribution is 0.102. The monoisotopic (exact) mass is 514 g/mol. The standard InChI is InChI=1S/C26H22N6O2S2/c1-16-14-28-26(35-16)25(33)29-19-6-2-4-17(12-19)23-30-20-13-21(18-5-3-7-27-15-18)36-22(20)24(31-23)32-8-10-34-11-9-32/h2-7,12-15H,8-11H2,1H3,(H,29,33). The highest BCUT2D eigenvalue weighted by Gasteiger charge is 2.21. The van der Waals surface area contributed by atoms with E-state index in [9.17, 15) is 4.79 Å². The van der Waals surface area contributed by atoms with Crippen LogP contribution in [-0.4, -0.2) is 52.1 Å². The Morgan fingerprint density at radius 2 is 1.89 bits per heavy atom.